The van der Waals surface area contributed by atoms with Gasteiger partial charge >= 0.3 is 0 Å². The Kier molecular flexibility index (Phi) is 8.57. The molecule has 2 nitrogen and oxygen atoms in total. The minimum absolute atomic E-state index is 0.0263. The molecule has 332 valence electrons. The Hall–Kier alpha value is -5.80. The summed E-state index contributed by atoms with van der Waals surface area (Å²) in [5, 5.41) is 0. The molecule has 2 aliphatic carbocycles. The fourth-order valence-corrected chi connectivity index (χ4v) is 12.8. The molecule has 11 rings (SSSR count). The molecule has 4 aliphatic rings. The van der Waals surface area contributed by atoms with Crippen molar-refractivity contribution in [2.45, 2.75) is 136 Å². The summed E-state index contributed by atoms with van der Waals surface area (Å²) in [4.78, 5) is 4.92. The largest absolute Gasteiger partial charge is 0.311 e. The number of nitrogens with zero attached hydrogens (tertiary/aromatic N) is 2. The van der Waals surface area contributed by atoms with Crippen LogP contribution in [0.25, 0.3) is 22.3 Å². The normalized spacial score (nSPS) is 18.8. The van der Waals surface area contributed by atoms with Gasteiger partial charge in [-0.2, -0.15) is 0 Å². The maximum Gasteiger partial charge on any atom is 0.252 e. The first-order valence-corrected chi connectivity index (χ1v) is 24.4. The van der Waals surface area contributed by atoms with Gasteiger partial charge in [-0.15, -0.1) is 0 Å². The zero-order valence-electron chi connectivity index (χ0n) is 44.3. The average Bonchev–Trinajstić information content (AvgIpc) is 3.47. The summed E-state index contributed by atoms with van der Waals surface area (Å²) in [5.74, 6) is 0. The summed E-state index contributed by atoms with van der Waals surface area (Å²) in [5.41, 5.74) is 22.5. The van der Waals surface area contributed by atoms with Crippen molar-refractivity contribution >= 4 is 57.2 Å². The van der Waals surface area contributed by atoms with Crippen LogP contribution >= 0.6 is 0 Å². The van der Waals surface area contributed by atoms with E-state index >= 15 is 0 Å². The molecule has 3 heteroatoms. The fourth-order valence-electron chi connectivity index (χ4n) is 12.8. The molecule has 0 fully saturated rings. The van der Waals surface area contributed by atoms with Crippen molar-refractivity contribution in [2.24, 2.45) is 0 Å². The van der Waals surface area contributed by atoms with Crippen molar-refractivity contribution in [1.29, 1.82) is 0 Å². The van der Waals surface area contributed by atoms with Crippen LogP contribution in [-0.2, 0) is 27.1 Å². The van der Waals surface area contributed by atoms with Crippen molar-refractivity contribution < 1.29 is 4.11 Å². The quantitative estimate of drug-likeness (QED) is 0.163. The van der Waals surface area contributed by atoms with Gasteiger partial charge in [0.05, 0.1) is 5.69 Å². The second kappa shape index (κ2) is 14.4. The second-order valence-corrected chi connectivity index (χ2v) is 23.9. The molecule has 0 unspecified atom stereocenters. The maximum atomic E-state index is 9.24. The highest BCUT2D eigenvalue weighted by atomic mass is 15.2. The predicted molar refractivity (Wildman–Crippen MR) is 285 cm³/mol. The molecule has 0 amide bonds. The minimum atomic E-state index is -2.38. The van der Waals surface area contributed by atoms with Crippen molar-refractivity contribution in [1.82, 2.24) is 0 Å². The molecule has 66 heavy (non-hydrogen) atoms. The molecule has 0 saturated heterocycles. The van der Waals surface area contributed by atoms with Crippen LogP contribution in [0.2, 0.25) is 0 Å². The Morgan fingerprint density at radius 2 is 1.03 bits per heavy atom. The van der Waals surface area contributed by atoms with Crippen molar-refractivity contribution in [3.63, 3.8) is 0 Å². The van der Waals surface area contributed by atoms with E-state index in [-0.39, 0.29) is 33.8 Å². The Morgan fingerprint density at radius 1 is 0.485 bits per heavy atom. The molecule has 0 saturated carbocycles. The number of hydrogen-bond acceptors (Lipinski definition) is 2. The second-order valence-electron chi connectivity index (χ2n) is 23.9. The van der Waals surface area contributed by atoms with Crippen molar-refractivity contribution in [3.05, 3.63) is 172 Å². The van der Waals surface area contributed by atoms with E-state index in [2.05, 4.69) is 214 Å². The molecule has 2 heterocycles. The summed E-state index contributed by atoms with van der Waals surface area (Å²) in [6.07, 6.45) is 3.24. The van der Waals surface area contributed by atoms with Gasteiger partial charge in [-0.1, -0.05) is 167 Å². The Labute approximate surface area is 400 Å². The summed E-state index contributed by atoms with van der Waals surface area (Å²) in [7, 11) is 0. The summed E-state index contributed by atoms with van der Waals surface area (Å²) in [6.45, 7) is 25.8. The van der Waals surface area contributed by atoms with E-state index in [0.717, 1.165) is 81.1 Å². The molecule has 0 bridgehead atoms. The molecule has 7 aromatic rings. The molecule has 2 aliphatic heterocycles. The van der Waals surface area contributed by atoms with Crippen LogP contribution < -0.4 is 26.2 Å². The van der Waals surface area contributed by atoms with Crippen LogP contribution in [0.4, 0.5) is 34.1 Å². The van der Waals surface area contributed by atoms with Gasteiger partial charge in [0.2, 0.25) is 0 Å². The topological polar surface area (TPSA) is 6.48 Å². The van der Waals surface area contributed by atoms with E-state index in [0.29, 0.717) is 5.56 Å². The Balaban J connectivity index is 1.31. The fraction of sp³-hybridized carbons (Fsp3) is 0.333. The Morgan fingerprint density at radius 3 is 1.65 bits per heavy atom. The summed E-state index contributed by atoms with van der Waals surface area (Å²) >= 11 is 0. The first kappa shape index (κ1) is 39.4. The molecular weight excluding hydrogens is 796 g/mol. The lowest BCUT2D eigenvalue weighted by Crippen LogP contribution is -2.62. The SMILES string of the molecule is [2H]C([2H])([2H])c1cc2c3c(c1)N(c1ccc(C(C)(C)C)cc1-c1ccccc1)c1cc4c(cc1B3c1ccc(-c3ccccc3)cc1N2c1cc2c(cc1C)C(C)(C)CC2(C)C)C(C)(C)CCC4(C)C. The molecular formula is C63H67BN2. The zero-order valence-corrected chi connectivity index (χ0v) is 41.3. The molecule has 0 radical (unpaired) electrons. The van der Waals surface area contributed by atoms with E-state index in [1.807, 2.05) is 12.1 Å². The maximum absolute atomic E-state index is 9.24. The highest BCUT2D eigenvalue weighted by Crippen LogP contribution is 2.55. The van der Waals surface area contributed by atoms with E-state index in [9.17, 15) is 4.11 Å². The van der Waals surface area contributed by atoms with Gasteiger partial charge < -0.3 is 9.80 Å². The average molecular weight is 866 g/mol. The standard InChI is InChI=1S/C63H67BN2/c1-39-30-56-58-57(31-39)66(53-36-49-46(32-40(53)2)62(10,11)38-63(49,12)13)54-33-43(41-20-16-14-17-21-41)24-26-50(54)64(58)51-35-47-48(61(8,9)29-28-60(47,6)7)37-55(51)65(56)52-27-25-44(59(3,4)5)34-45(52)42-22-18-15-19-23-42/h14-27,30-37H,28-29,38H2,1-13H3/i1D3. The van der Waals surface area contributed by atoms with Gasteiger partial charge in [-0.25, -0.2) is 0 Å². The Bertz CT molecular complexity index is 3240. The lowest BCUT2D eigenvalue weighted by Gasteiger charge is -2.48. The van der Waals surface area contributed by atoms with E-state index in [1.165, 1.54) is 44.3 Å². The molecule has 0 N–H and O–H groups in total. The summed E-state index contributed by atoms with van der Waals surface area (Å²) in [6, 6.07) is 49.6. The zero-order chi connectivity index (χ0) is 49.0. The number of rotatable bonds is 4. The molecule has 0 spiro atoms. The number of anilines is 6. The van der Waals surface area contributed by atoms with Gasteiger partial charge in [0.1, 0.15) is 0 Å². The van der Waals surface area contributed by atoms with Crippen LogP contribution in [0.1, 0.15) is 138 Å². The predicted octanol–water partition coefficient (Wildman–Crippen LogP) is 15.3. The third kappa shape index (κ3) is 6.50. The number of benzene rings is 7. The first-order valence-electron chi connectivity index (χ1n) is 25.9. The van der Waals surface area contributed by atoms with Crippen LogP contribution in [-0.4, -0.2) is 6.71 Å². The lowest BCUT2D eigenvalue weighted by molar-refractivity contribution is 0.332. The lowest BCUT2D eigenvalue weighted by atomic mass is 9.33. The van der Waals surface area contributed by atoms with Gasteiger partial charge in [-0.05, 0) is 175 Å². The minimum Gasteiger partial charge on any atom is -0.311 e. The van der Waals surface area contributed by atoms with Gasteiger partial charge in [-0.3, -0.25) is 0 Å². The van der Waals surface area contributed by atoms with Crippen LogP contribution in [0.5, 0.6) is 0 Å². The summed E-state index contributed by atoms with van der Waals surface area (Å²) < 4.78 is 27.7. The van der Waals surface area contributed by atoms with E-state index < -0.39 is 6.85 Å². The number of fused-ring (bicyclic) bond motifs is 6. The third-order valence-electron chi connectivity index (χ3n) is 16.3. The van der Waals surface area contributed by atoms with Crippen LogP contribution in [0, 0.1) is 13.8 Å². The smallest absolute Gasteiger partial charge is 0.252 e. The molecule has 0 aromatic heterocycles. The van der Waals surface area contributed by atoms with E-state index in [1.54, 1.807) is 0 Å². The molecule has 7 aromatic carbocycles. The molecule has 0 atom stereocenters. The van der Waals surface area contributed by atoms with Crippen LogP contribution in [0.15, 0.2) is 133 Å². The highest BCUT2D eigenvalue weighted by molar-refractivity contribution is 7.00. The van der Waals surface area contributed by atoms with Gasteiger partial charge in [0.25, 0.3) is 6.71 Å². The third-order valence-corrected chi connectivity index (χ3v) is 16.3. The van der Waals surface area contributed by atoms with E-state index in [4.69, 9.17) is 0 Å². The number of hydrogen-bond donors (Lipinski definition) is 0. The number of aryl methyl sites for hydroxylation is 2. The van der Waals surface area contributed by atoms with Crippen LogP contribution in [0.3, 0.4) is 0 Å². The van der Waals surface area contributed by atoms with Gasteiger partial charge in [0.15, 0.2) is 0 Å². The highest BCUT2D eigenvalue weighted by Gasteiger charge is 2.48. The van der Waals surface area contributed by atoms with Crippen molar-refractivity contribution in [2.75, 3.05) is 9.80 Å². The van der Waals surface area contributed by atoms with Crippen molar-refractivity contribution in [3.8, 4) is 22.3 Å². The first-order chi connectivity index (χ1) is 32.4. The van der Waals surface area contributed by atoms with Gasteiger partial charge in [0, 0.05) is 38.1 Å². The monoisotopic (exact) mass is 866 g/mol.